The normalized spacial score (nSPS) is 10.8. The highest BCUT2D eigenvalue weighted by molar-refractivity contribution is 6.33. The molecule has 23 heavy (non-hydrogen) atoms. The van der Waals surface area contributed by atoms with Crippen LogP contribution in [0.3, 0.4) is 0 Å². The number of carbonyl (C=O) groups is 1. The molecule has 3 rings (SSSR count). The average molecular weight is 326 g/mol. The first-order valence-electron chi connectivity index (χ1n) is 6.78. The third-order valence-corrected chi connectivity index (χ3v) is 3.37. The molecule has 2 heterocycles. The van der Waals surface area contributed by atoms with Crippen molar-refractivity contribution in [3.8, 4) is 11.3 Å². The molecule has 0 atom stereocenters. The molecule has 0 aliphatic rings. The molecular formula is C16H12ClN5O. The first-order chi connectivity index (χ1) is 11.2. The number of amides is 1. The van der Waals surface area contributed by atoms with E-state index in [1.165, 1.54) is 6.21 Å². The molecule has 6 nitrogen and oxygen atoms in total. The van der Waals surface area contributed by atoms with Crippen molar-refractivity contribution in [1.82, 2.24) is 20.6 Å². The SMILES string of the molecule is O=C(NN=Cc1cccnc1)c1cc(-c2ccccc2Cl)n[nH]1. The fourth-order valence-corrected chi connectivity index (χ4v) is 2.16. The molecule has 1 aromatic carbocycles. The molecule has 0 bridgehead atoms. The van der Waals surface area contributed by atoms with Crippen molar-refractivity contribution in [3.05, 3.63) is 71.1 Å². The van der Waals surface area contributed by atoms with Crippen LogP contribution in [-0.2, 0) is 0 Å². The van der Waals surface area contributed by atoms with Gasteiger partial charge in [0.25, 0.3) is 5.91 Å². The van der Waals surface area contributed by atoms with E-state index in [4.69, 9.17) is 11.6 Å². The smallest absolute Gasteiger partial charge is 0.272 e. The highest BCUT2D eigenvalue weighted by Crippen LogP contribution is 2.26. The van der Waals surface area contributed by atoms with Gasteiger partial charge >= 0.3 is 0 Å². The molecule has 0 fully saturated rings. The Kier molecular flexibility index (Phi) is 4.44. The van der Waals surface area contributed by atoms with Crippen molar-refractivity contribution in [3.63, 3.8) is 0 Å². The number of pyridine rings is 1. The summed E-state index contributed by atoms with van der Waals surface area (Å²) in [5, 5.41) is 11.2. The minimum absolute atomic E-state index is 0.295. The molecular weight excluding hydrogens is 314 g/mol. The Balaban J connectivity index is 1.70. The molecule has 0 aliphatic heterocycles. The second-order valence-electron chi connectivity index (χ2n) is 4.63. The Labute approximate surface area is 137 Å². The van der Waals surface area contributed by atoms with Gasteiger partial charge in [-0.2, -0.15) is 10.2 Å². The van der Waals surface area contributed by atoms with Crippen molar-refractivity contribution in [2.45, 2.75) is 0 Å². The van der Waals surface area contributed by atoms with E-state index in [1.807, 2.05) is 24.3 Å². The summed E-state index contributed by atoms with van der Waals surface area (Å²) < 4.78 is 0. The quantitative estimate of drug-likeness (QED) is 0.571. The number of aromatic amines is 1. The lowest BCUT2D eigenvalue weighted by molar-refractivity contribution is 0.0950. The van der Waals surface area contributed by atoms with Crippen LogP contribution in [0.5, 0.6) is 0 Å². The van der Waals surface area contributed by atoms with Crippen molar-refractivity contribution < 1.29 is 4.79 Å². The minimum Gasteiger partial charge on any atom is -0.272 e. The number of hydrazone groups is 1. The van der Waals surface area contributed by atoms with E-state index < -0.39 is 5.91 Å². The Hall–Kier alpha value is -2.99. The molecule has 0 saturated carbocycles. The summed E-state index contributed by atoms with van der Waals surface area (Å²) >= 11 is 6.12. The largest absolute Gasteiger partial charge is 0.289 e. The zero-order chi connectivity index (χ0) is 16.1. The maximum absolute atomic E-state index is 12.0. The van der Waals surface area contributed by atoms with Gasteiger partial charge in [-0.25, -0.2) is 5.43 Å². The van der Waals surface area contributed by atoms with E-state index in [0.717, 1.165) is 11.1 Å². The maximum Gasteiger partial charge on any atom is 0.289 e. The summed E-state index contributed by atoms with van der Waals surface area (Å²) in [5.41, 5.74) is 4.85. The van der Waals surface area contributed by atoms with Gasteiger partial charge in [0.15, 0.2) is 0 Å². The Morgan fingerprint density at radius 3 is 2.91 bits per heavy atom. The zero-order valence-corrected chi connectivity index (χ0v) is 12.7. The summed E-state index contributed by atoms with van der Waals surface area (Å²) in [7, 11) is 0. The molecule has 7 heteroatoms. The number of H-pyrrole nitrogens is 1. The van der Waals surface area contributed by atoms with Gasteiger partial charge in [0.1, 0.15) is 5.69 Å². The molecule has 3 aromatic rings. The third-order valence-electron chi connectivity index (χ3n) is 3.04. The third kappa shape index (κ3) is 3.61. The number of nitrogens with zero attached hydrogens (tertiary/aromatic N) is 3. The number of hydrogen-bond acceptors (Lipinski definition) is 4. The van der Waals surface area contributed by atoms with Crippen LogP contribution < -0.4 is 5.43 Å². The van der Waals surface area contributed by atoms with Crippen LogP contribution in [0.2, 0.25) is 5.02 Å². The minimum atomic E-state index is -0.393. The van der Waals surface area contributed by atoms with Crippen molar-refractivity contribution in [2.75, 3.05) is 0 Å². The summed E-state index contributed by atoms with van der Waals surface area (Å²) in [4.78, 5) is 16.0. The summed E-state index contributed by atoms with van der Waals surface area (Å²) in [6.07, 6.45) is 4.81. The molecule has 2 N–H and O–H groups in total. The van der Waals surface area contributed by atoms with Crippen molar-refractivity contribution >= 4 is 23.7 Å². The van der Waals surface area contributed by atoms with Gasteiger partial charge in [0.05, 0.1) is 16.9 Å². The van der Waals surface area contributed by atoms with Gasteiger partial charge in [-0.05, 0) is 18.2 Å². The van der Waals surface area contributed by atoms with E-state index in [2.05, 4.69) is 25.7 Å². The van der Waals surface area contributed by atoms with Gasteiger partial charge in [-0.3, -0.25) is 14.9 Å². The zero-order valence-electron chi connectivity index (χ0n) is 11.9. The van der Waals surface area contributed by atoms with E-state index in [0.29, 0.717) is 16.4 Å². The Morgan fingerprint density at radius 2 is 2.13 bits per heavy atom. The molecule has 1 amide bonds. The number of rotatable bonds is 4. The van der Waals surface area contributed by atoms with E-state index in [-0.39, 0.29) is 0 Å². The van der Waals surface area contributed by atoms with Gasteiger partial charge in [-0.1, -0.05) is 35.9 Å². The monoisotopic (exact) mass is 325 g/mol. The van der Waals surface area contributed by atoms with Crippen molar-refractivity contribution in [2.24, 2.45) is 5.10 Å². The van der Waals surface area contributed by atoms with Gasteiger partial charge in [-0.15, -0.1) is 0 Å². The van der Waals surface area contributed by atoms with E-state index in [9.17, 15) is 4.79 Å². The van der Waals surface area contributed by atoms with Gasteiger partial charge in [0.2, 0.25) is 0 Å². The van der Waals surface area contributed by atoms with Gasteiger partial charge < -0.3 is 0 Å². The van der Waals surface area contributed by atoms with Crippen LogP contribution in [0.4, 0.5) is 0 Å². The predicted molar refractivity (Wildman–Crippen MR) is 88.3 cm³/mol. The number of hydrogen-bond donors (Lipinski definition) is 2. The second kappa shape index (κ2) is 6.85. The second-order valence-corrected chi connectivity index (χ2v) is 5.04. The highest BCUT2D eigenvalue weighted by Gasteiger charge is 2.11. The lowest BCUT2D eigenvalue weighted by atomic mass is 10.1. The average Bonchev–Trinajstić information content (AvgIpc) is 3.06. The predicted octanol–water partition coefficient (Wildman–Crippen LogP) is 2.89. The first kappa shape index (κ1) is 14.9. The molecule has 0 saturated heterocycles. The topological polar surface area (TPSA) is 83.0 Å². The fraction of sp³-hybridized carbons (Fsp3) is 0. The van der Waals surface area contributed by atoms with Crippen LogP contribution in [0.15, 0.2) is 60.0 Å². The lowest BCUT2D eigenvalue weighted by Gasteiger charge is -1.98. The number of carbonyl (C=O) groups excluding carboxylic acids is 1. The molecule has 0 unspecified atom stereocenters. The molecule has 0 spiro atoms. The van der Waals surface area contributed by atoms with Crippen LogP contribution in [0.1, 0.15) is 16.1 Å². The number of halogens is 1. The van der Waals surface area contributed by atoms with Crippen LogP contribution in [0.25, 0.3) is 11.3 Å². The first-order valence-corrected chi connectivity index (χ1v) is 7.15. The fourth-order valence-electron chi connectivity index (χ4n) is 1.92. The highest BCUT2D eigenvalue weighted by atomic mass is 35.5. The summed E-state index contributed by atoms with van der Waals surface area (Å²) in [6.45, 7) is 0. The molecule has 0 aliphatic carbocycles. The number of benzene rings is 1. The van der Waals surface area contributed by atoms with Crippen molar-refractivity contribution in [1.29, 1.82) is 0 Å². The van der Waals surface area contributed by atoms with Gasteiger partial charge in [0, 0.05) is 23.5 Å². The number of aromatic nitrogens is 3. The Morgan fingerprint density at radius 1 is 1.26 bits per heavy atom. The van der Waals surface area contributed by atoms with E-state index >= 15 is 0 Å². The molecule has 114 valence electrons. The lowest BCUT2D eigenvalue weighted by Crippen LogP contribution is -2.18. The maximum atomic E-state index is 12.0. The summed E-state index contributed by atoms with van der Waals surface area (Å²) in [6, 6.07) is 12.5. The summed E-state index contributed by atoms with van der Waals surface area (Å²) in [5.74, 6) is -0.393. The molecule has 0 radical (unpaired) electrons. The standard InChI is InChI=1S/C16H12ClN5O/c17-13-6-2-1-5-12(13)14-8-15(21-20-14)16(23)22-19-10-11-4-3-7-18-9-11/h1-10H,(H,20,21)(H,22,23). The van der Waals surface area contributed by atoms with Crippen LogP contribution >= 0.6 is 11.6 Å². The van der Waals surface area contributed by atoms with E-state index in [1.54, 1.807) is 30.6 Å². The van der Waals surface area contributed by atoms with Crippen LogP contribution in [0, 0.1) is 0 Å². The number of nitrogens with one attached hydrogen (secondary N) is 2. The molecule has 2 aromatic heterocycles. The Bertz CT molecular complexity index is 844. The van der Waals surface area contributed by atoms with Crippen LogP contribution in [-0.4, -0.2) is 27.3 Å².